The van der Waals surface area contributed by atoms with Crippen molar-refractivity contribution in [1.29, 1.82) is 0 Å². The molecule has 0 radical (unpaired) electrons. The molecule has 2 aromatic rings. The highest BCUT2D eigenvalue weighted by Gasteiger charge is 2.19. The average Bonchev–Trinajstić information content (AvgIpc) is 2.59. The van der Waals surface area contributed by atoms with Crippen molar-refractivity contribution in [2.75, 3.05) is 0 Å². The van der Waals surface area contributed by atoms with Gasteiger partial charge in [0.2, 0.25) is 0 Å². The van der Waals surface area contributed by atoms with Gasteiger partial charge in [0.15, 0.2) is 0 Å². The molecule has 1 aromatic heterocycles. The number of carboxylic acid groups (broad SMARTS) is 1. The van der Waals surface area contributed by atoms with E-state index < -0.39 is 5.97 Å². The van der Waals surface area contributed by atoms with E-state index in [-0.39, 0.29) is 0 Å². The molecule has 102 valence electrons. The zero-order valence-corrected chi connectivity index (χ0v) is 12.0. The maximum Gasteiger partial charge on any atom is 0.352 e. The molecule has 0 bridgehead atoms. The van der Waals surface area contributed by atoms with Crippen LogP contribution in [0.15, 0.2) is 18.2 Å². The molecule has 0 fully saturated rings. The van der Waals surface area contributed by atoms with Crippen molar-refractivity contribution in [1.82, 2.24) is 4.57 Å². The first-order valence-electron chi connectivity index (χ1n) is 6.74. The Morgan fingerprint density at radius 1 is 1.32 bits per heavy atom. The Labute approximate surface area is 113 Å². The fourth-order valence-corrected chi connectivity index (χ4v) is 2.53. The van der Waals surface area contributed by atoms with Gasteiger partial charge in [-0.2, -0.15) is 0 Å². The molecule has 1 aromatic carbocycles. The van der Waals surface area contributed by atoms with E-state index in [1.807, 2.05) is 30.5 Å². The number of aryl methyl sites for hydroxylation is 3. The molecule has 1 heterocycles. The third-order valence-electron chi connectivity index (χ3n) is 3.60. The number of aromatic carboxylic acids is 1. The third kappa shape index (κ3) is 2.50. The highest BCUT2D eigenvalue weighted by atomic mass is 16.4. The molecule has 3 nitrogen and oxygen atoms in total. The molecule has 0 aliphatic carbocycles. The summed E-state index contributed by atoms with van der Waals surface area (Å²) in [6, 6.07) is 6.15. The quantitative estimate of drug-likeness (QED) is 0.901. The zero-order chi connectivity index (χ0) is 14.2. The molecule has 0 saturated carbocycles. The van der Waals surface area contributed by atoms with Gasteiger partial charge < -0.3 is 9.67 Å². The van der Waals surface area contributed by atoms with Crippen molar-refractivity contribution < 1.29 is 9.90 Å². The van der Waals surface area contributed by atoms with Crippen molar-refractivity contribution in [2.24, 2.45) is 5.92 Å². The summed E-state index contributed by atoms with van der Waals surface area (Å²) >= 11 is 0. The van der Waals surface area contributed by atoms with E-state index in [9.17, 15) is 9.90 Å². The second-order valence-corrected chi connectivity index (χ2v) is 5.63. The van der Waals surface area contributed by atoms with E-state index >= 15 is 0 Å². The molecular weight excluding hydrogens is 238 g/mol. The van der Waals surface area contributed by atoms with Crippen LogP contribution in [0, 0.1) is 19.8 Å². The molecule has 0 atom stereocenters. The minimum Gasteiger partial charge on any atom is -0.477 e. The summed E-state index contributed by atoms with van der Waals surface area (Å²) in [5, 5.41) is 10.5. The lowest BCUT2D eigenvalue weighted by Gasteiger charge is -2.10. The van der Waals surface area contributed by atoms with Crippen LogP contribution in [0.5, 0.6) is 0 Å². The Morgan fingerprint density at radius 2 is 2.00 bits per heavy atom. The minimum absolute atomic E-state index is 0.432. The number of fused-ring (bicyclic) bond motifs is 1. The Balaban J connectivity index is 2.64. The number of hydrogen-bond acceptors (Lipinski definition) is 1. The van der Waals surface area contributed by atoms with Gasteiger partial charge in [0.05, 0.1) is 0 Å². The summed E-state index contributed by atoms with van der Waals surface area (Å²) in [4.78, 5) is 11.5. The molecule has 19 heavy (non-hydrogen) atoms. The summed E-state index contributed by atoms with van der Waals surface area (Å²) in [5.41, 5.74) is 3.49. The van der Waals surface area contributed by atoms with Gasteiger partial charge in [-0.15, -0.1) is 0 Å². The van der Waals surface area contributed by atoms with Gasteiger partial charge in [-0.25, -0.2) is 4.79 Å². The first kappa shape index (κ1) is 13.7. The first-order valence-corrected chi connectivity index (χ1v) is 6.74. The fourth-order valence-electron chi connectivity index (χ4n) is 2.53. The molecule has 3 heteroatoms. The summed E-state index contributed by atoms with van der Waals surface area (Å²) in [7, 11) is 0. The van der Waals surface area contributed by atoms with Crippen molar-refractivity contribution in [3.63, 3.8) is 0 Å². The lowest BCUT2D eigenvalue weighted by Crippen LogP contribution is -2.11. The highest BCUT2D eigenvalue weighted by molar-refractivity contribution is 5.98. The zero-order valence-electron chi connectivity index (χ0n) is 12.0. The van der Waals surface area contributed by atoms with E-state index in [1.165, 1.54) is 0 Å². The van der Waals surface area contributed by atoms with Gasteiger partial charge in [0.1, 0.15) is 5.69 Å². The van der Waals surface area contributed by atoms with E-state index in [0.717, 1.165) is 35.0 Å². The van der Waals surface area contributed by atoms with Gasteiger partial charge in [0, 0.05) is 17.4 Å². The smallest absolute Gasteiger partial charge is 0.352 e. The molecule has 0 unspecified atom stereocenters. The number of benzene rings is 1. The van der Waals surface area contributed by atoms with Crippen molar-refractivity contribution in [3.8, 4) is 0 Å². The van der Waals surface area contributed by atoms with E-state index in [4.69, 9.17) is 0 Å². The number of nitrogens with zero attached hydrogens (tertiary/aromatic N) is 1. The summed E-state index contributed by atoms with van der Waals surface area (Å²) in [5.74, 6) is -0.278. The first-order chi connectivity index (χ1) is 8.91. The van der Waals surface area contributed by atoms with Gasteiger partial charge in [0.25, 0.3) is 0 Å². The highest BCUT2D eigenvalue weighted by Crippen LogP contribution is 2.27. The number of hydrogen-bond donors (Lipinski definition) is 1. The SMILES string of the molecule is Cc1ccc2c(c1)c(C)c(C(=O)O)n2CCC(C)C. The van der Waals surface area contributed by atoms with Crippen LogP contribution in [0.4, 0.5) is 0 Å². The van der Waals surface area contributed by atoms with Crippen molar-refractivity contribution in [2.45, 2.75) is 40.7 Å². The van der Waals surface area contributed by atoms with Crippen molar-refractivity contribution >= 4 is 16.9 Å². The monoisotopic (exact) mass is 259 g/mol. The van der Waals surface area contributed by atoms with Gasteiger partial charge in [-0.05, 0) is 43.9 Å². The number of aromatic nitrogens is 1. The summed E-state index contributed by atoms with van der Waals surface area (Å²) in [6.07, 6.45) is 0.984. The van der Waals surface area contributed by atoms with Crippen LogP contribution >= 0.6 is 0 Å². The predicted octanol–water partition coefficient (Wildman–Crippen LogP) is 4.00. The maximum atomic E-state index is 11.5. The van der Waals surface area contributed by atoms with Gasteiger partial charge >= 0.3 is 5.97 Å². The predicted molar refractivity (Wildman–Crippen MR) is 77.8 cm³/mol. The molecule has 0 saturated heterocycles. The molecule has 0 aliphatic heterocycles. The van der Waals surface area contributed by atoms with E-state index in [0.29, 0.717) is 11.6 Å². The number of carboxylic acids is 1. The molecule has 0 spiro atoms. The molecule has 1 N–H and O–H groups in total. The number of carbonyl (C=O) groups is 1. The Morgan fingerprint density at radius 3 is 2.58 bits per heavy atom. The molecule has 0 aliphatic rings. The van der Waals surface area contributed by atoms with Crippen LogP contribution in [0.25, 0.3) is 10.9 Å². The third-order valence-corrected chi connectivity index (χ3v) is 3.60. The molecule has 2 rings (SSSR count). The Kier molecular flexibility index (Phi) is 3.65. The van der Waals surface area contributed by atoms with Gasteiger partial charge in [-0.3, -0.25) is 0 Å². The Hall–Kier alpha value is -1.77. The summed E-state index contributed by atoms with van der Waals surface area (Å²) in [6.45, 7) is 9.00. The van der Waals surface area contributed by atoms with Crippen LogP contribution in [0.1, 0.15) is 41.9 Å². The second-order valence-electron chi connectivity index (χ2n) is 5.63. The molecular formula is C16H21NO2. The second kappa shape index (κ2) is 5.08. The maximum absolute atomic E-state index is 11.5. The van der Waals surface area contributed by atoms with E-state index in [2.05, 4.69) is 19.9 Å². The van der Waals surface area contributed by atoms with E-state index in [1.54, 1.807) is 0 Å². The van der Waals surface area contributed by atoms with Crippen LogP contribution in [0.3, 0.4) is 0 Å². The van der Waals surface area contributed by atoms with Crippen LogP contribution < -0.4 is 0 Å². The fraction of sp³-hybridized carbons (Fsp3) is 0.438. The van der Waals surface area contributed by atoms with Crippen LogP contribution in [-0.2, 0) is 6.54 Å². The standard InChI is InChI=1S/C16H21NO2/c1-10(2)7-8-17-14-6-5-11(3)9-13(14)12(4)15(17)16(18)19/h5-6,9-10H,7-8H2,1-4H3,(H,18,19). The minimum atomic E-state index is -0.838. The Bertz CT molecular complexity index is 623. The van der Waals surface area contributed by atoms with Crippen LogP contribution in [-0.4, -0.2) is 15.6 Å². The lowest BCUT2D eigenvalue weighted by atomic mass is 10.1. The summed E-state index contributed by atoms with van der Waals surface area (Å²) < 4.78 is 1.95. The topological polar surface area (TPSA) is 42.2 Å². The molecule has 0 amide bonds. The van der Waals surface area contributed by atoms with Gasteiger partial charge in [-0.1, -0.05) is 25.5 Å². The van der Waals surface area contributed by atoms with Crippen molar-refractivity contribution in [3.05, 3.63) is 35.0 Å². The largest absolute Gasteiger partial charge is 0.477 e. The number of rotatable bonds is 4. The van der Waals surface area contributed by atoms with Crippen LogP contribution in [0.2, 0.25) is 0 Å². The average molecular weight is 259 g/mol. The lowest BCUT2D eigenvalue weighted by molar-refractivity contribution is 0.0684. The normalized spacial score (nSPS) is 11.4.